The van der Waals surface area contributed by atoms with Crippen molar-refractivity contribution in [3.05, 3.63) is 29.8 Å². The van der Waals surface area contributed by atoms with Gasteiger partial charge in [0.1, 0.15) is 6.04 Å². The lowest BCUT2D eigenvalue weighted by atomic mass is 10.0. The number of piperazine rings is 1. The topological polar surface area (TPSA) is 58.4 Å². The summed E-state index contributed by atoms with van der Waals surface area (Å²) in [7, 11) is 0. The molecule has 2 rings (SSSR count). The number of carbonyl (C=O) groups excluding carboxylic acids is 1. The van der Waals surface area contributed by atoms with Gasteiger partial charge in [0.05, 0.1) is 0 Å². The van der Waals surface area contributed by atoms with Crippen molar-refractivity contribution in [1.82, 2.24) is 5.32 Å². The Balaban J connectivity index is 2.21. The summed E-state index contributed by atoms with van der Waals surface area (Å²) in [5.41, 5.74) is 8.08. The Morgan fingerprint density at radius 1 is 1.39 bits per heavy atom. The molecule has 0 saturated carbocycles. The number of amides is 1. The van der Waals surface area contributed by atoms with Gasteiger partial charge in [-0.2, -0.15) is 0 Å². The average Bonchev–Trinajstić information content (AvgIpc) is 2.38. The normalized spacial score (nSPS) is 20.1. The van der Waals surface area contributed by atoms with E-state index in [0.717, 1.165) is 12.2 Å². The molecule has 1 aliphatic heterocycles. The van der Waals surface area contributed by atoms with Crippen molar-refractivity contribution in [1.29, 1.82) is 0 Å². The molecule has 0 aliphatic carbocycles. The molecule has 0 spiro atoms. The van der Waals surface area contributed by atoms with Gasteiger partial charge in [-0.3, -0.25) is 4.79 Å². The number of nitrogens with zero attached hydrogens (tertiary/aromatic N) is 1. The molecule has 1 heterocycles. The first kappa shape index (κ1) is 12.9. The number of rotatable bonds is 3. The molecule has 1 atom stereocenters. The predicted molar refractivity (Wildman–Crippen MR) is 73.7 cm³/mol. The summed E-state index contributed by atoms with van der Waals surface area (Å²) in [5.74, 6) is 0.547. The zero-order valence-corrected chi connectivity index (χ0v) is 11.0. The van der Waals surface area contributed by atoms with Crippen LogP contribution in [0.2, 0.25) is 0 Å². The van der Waals surface area contributed by atoms with Gasteiger partial charge in [0, 0.05) is 25.3 Å². The first-order valence-corrected chi connectivity index (χ1v) is 6.48. The lowest BCUT2D eigenvalue weighted by Crippen LogP contribution is -2.58. The van der Waals surface area contributed by atoms with Crippen LogP contribution in [0.3, 0.4) is 0 Å². The monoisotopic (exact) mass is 247 g/mol. The van der Waals surface area contributed by atoms with Crippen molar-refractivity contribution in [2.75, 3.05) is 24.5 Å². The quantitative estimate of drug-likeness (QED) is 0.840. The molecular weight excluding hydrogens is 226 g/mol. The van der Waals surface area contributed by atoms with Crippen LogP contribution in [0.5, 0.6) is 0 Å². The highest BCUT2D eigenvalue weighted by atomic mass is 16.2. The highest BCUT2D eigenvalue weighted by molar-refractivity contribution is 5.86. The van der Waals surface area contributed by atoms with Crippen LogP contribution in [0.4, 0.5) is 5.69 Å². The minimum absolute atomic E-state index is 0.0247. The number of anilines is 1. The largest absolute Gasteiger partial charge is 0.357 e. The van der Waals surface area contributed by atoms with Gasteiger partial charge in [0.25, 0.3) is 0 Å². The number of hydrogen-bond acceptors (Lipinski definition) is 3. The van der Waals surface area contributed by atoms with E-state index < -0.39 is 0 Å². The second-order valence-electron chi connectivity index (χ2n) is 4.98. The van der Waals surface area contributed by atoms with Gasteiger partial charge in [-0.25, -0.2) is 0 Å². The highest BCUT2D eigenvalue weighted by Crippen LogP contribution is 2.22. The van der Waals surface area contributed by atoms with Crippen LogP contribution in [-0.4, -0.2) is 31.6 Å². The molecule has 4 nitrogen and oxygen atoms in total. The lowest BCUT2D eigenvalue weighted by Gasteiger charge is -2.36. The Hall–Kier alpha value is -1.55. The molecule has 1 amide bonds. The average molecular weight is 247 g/mol. The Labute approximate surface area is 108 Å². The highest BCUT2D eigenvalue weighted by Gasteiger charge is 2.28. The van der Waals surface area contributed by atoms with Crippen LogP contribution < -0.4 is 16.0 Å². The molecule has 0 bridgehead atoms. The number of hydrogen-bond donors (Lipinski definition) is 2. The molecule has 1 saturated heterocycles. The fourth-order valence-electron chi connectivity index (χ4n) is 2.31. The van der Waals surface area contributed by atoms with E-state index in [9.17, 15) is 4.79 Å². The third-order valence-electron chi connectivity index (χ3n) is 3.45. The molecule has 0 aromatic heterocycles. The van der Waals surface area contributed by atoms with E-state index >= 15 is 0 Å². The molecule has 1 aromatic rings. The third-order valence-corrected chi connectivity index (χ3v) is 3.45. The first-order chi connectivity index (χ1) is 8.63. The Morgan fingerprint density at radius 3 is 2.61 bits per heavy atom. The van der Waals surface area contributed by atoms with Crippen molar-refractivity contribution in [3.8, 4) is 0 Å². The molecule has 3 N–H and O–H groups in total. The standard InChI is InChI=1S/C14H21N3O/c1-10(2)11-3-5-12(6-4-11)17-8-7-16-14(18)13(17)9-15/h3-6,10,13H,7-9,15H2,1-2H3,(H,16,18). The van der Waals surface area contributed by atoms with Crippen molar-refractivity contribution in [2.45, 2.75) is 25.8 Å². The van der Waals surface area contributed by atoms with E-state index in [0.29, 0.717) is 19.0 Å². The van der Waals surface area contributed by atoms with Crippen LogP contribution in [0.1, 0.15) is 25.3 Å². The molecule has 1 aliphatic rings. The van der Waals surface area contributed by atoms with Gasteiger partial charge in [0.2, 0.25) is 5.91 Å². The lowest BCUT2D eigenvalue weighted by molar-refractivity contribution is -0.123. The molecule has 18 heavy (non-hydrogen) atoms. The summed E-state index contributed by atoms with van der Waals surface area (Å²) in [6, 6.07) is 8.16. The molecule has 1 unspecified atom stereocenters. The maximum atomic E-state index is 11.8. The summed E-state index contributed by atoms with van der Waals surface area (Å²) in [6.45, 7) is 6.19. The smallest absolute Gasteiger partial charge is 0.244 e. The summed E-state index contributed by atoms with van der Waals surface area (Å²) >= 11 is 0. The Bertz CT molecular complexity index is 414. The number of nitrogens with one attached hydrogen (secondary N) is 1. The Morgan fingerprint density at radius 2 is 2.06 bits per heavy atom. The number of carbonyl (C=O) groups is 1. The van der Waals surface area contributed by atoms with Gasteiger partial charge in [-0.1, -0.05) is 26.0 Å². The van der Waals surface area contributed by atoms with Crippen molar-refractivity contribution < 1.29 is 4.79 Å². The fourth-order valence-corrected chi connectivity index (χ4v) is 2.31. The second-order valence-corrected chi connectivity index (χ2v) is 4.98. The summed E-state index contributed by atoms with van der Waals surface area (Å²) in [5, 5.41) is 2.85. The fraction of sp³-hybridized carbons (Fsp3) is 0.500. The predicted octanol–water partition coefficient (Wildman–Crippen LogP) is 1.07. The van der Waals surface area contributed by atoms with Crippen molar-refractivity contribution in [3.63, 3.8) is 0 Å². The van der Waals surface area contributed by atoms with Crippen molar-refractivity contribution >= 4 is 11.6 Å². The number of benzene rings is 1. The summed E-state index contributed by atoms with van der Waals surface area (Å²) in [6.07, 6.45) is 0. The van der Waals surface area contributed by atoms with Gasteiger partial charge < -0.3 is 16.0 Å². The molecule has 1 fully saturated rings. The van der Waals surface area contributed by atoms with Crippen LogP contribution in [-0.2, 0) is 4.79 Å². The SMILES string of the molecule is CC(C)c1ccc(N2CCNC(=O)C2CN)cc1. The minimum atomic E-state index is -0.247. The zero-order valence-electron chi connectivity index (χ0n) is 11.0. The maximum absolute atomic E-state index is 11.8. The van der Waals surface area contributed by atoms with Crippen LogP contribution >= 0.6 is 0 Å². The van der Waals surface area contributed by atoms with E-state index in [-0.39, 0.29) is 11.9 Å². The third kappa shape index (κ3) is 2.48. The second kappa shape index (κ2) is 5.40. The van der Waals surface area contributed by atoms with Crippen LogP contribution in [0.15, 0.2) is 24.3 Å². The van der Waals surface area contributed by atoms with Crippen molar-refractivity contribution in [2.24, 2.45) is 5.73 Å². The van der Waals surface area contributed by atoms with Crippen LogP contribution in [0.25, 0.3) is 0 Å². The van der Waals surface area contributed by atoms with Gasteiger partial charge in [-0.05, 0) is 23.6 Å². The Kier molecular flexibility index (Phi) is 3.87. The van der Waals surface area contributed by atoms with E-state index in [1.54, 1.807) is 0 Å². The molecular formula is C14H21N3O. The van der Waals surface area contributed by atoms with Gasteiger partial charge in [0.15, 0.2) is 0 Å². The molecule has 4 heteroatoms. The minimum Gasteiger partial charge on any atom is -0.357 e. The molecule has 1 aromatic carbocycles. The number of nitrogens with two attached hydrogens (primary N) is 1. The van der Waals surface area contributed by atoms with E-state index in [1.165, 1.54) is 5.56 Å². The summed E-state index contributed by atoms with van der Waals surface area (Å²) < 4.78 is 0. The van der Waals surface area contributed by atoms with Gasteiger partial charge in [-0.15, -0.1) is 0 Å². The van der Waals surface area contributed by atoms with E-state index in [1.807, 2.05) is 0 Å². The zero-order chi connectivity index (χ0) is 13.1. The van der Waals surface area contributed by atoms with E-state index in [4.69, 9.17) is 5.73 Å². The van der Waals surface area contributed by atoms with Gasteiger partial charge >= 0.3 is 0 Å². The van der Waals surface area contributed by atoms with E-state index in [2.05, 4.69) is 48.3 Å². The summed E-state index contributed by atoms with van der Waals surface area (Å²) in [4.78, 5) is 13.8. The maximum Gasteiger partial charge on any atom is 0.244 e. The van der Waals surface area contributed by atoms with Crippen LogP contribution in [0, 0.1) is 0 Å². The molecule has 98 valence electrons. The molecule has 0 radical (unpaired) electrons. The first-order valence-electron chi connectivity index (χ1n) is 6.48.